The summed E-state index contributed by atoms with van der Waals surface area (Å²) in [5.74, 6) is -0.285. The van der Waals surface area contributed by atoms with Crippen LogP contribution in [0.25, 0.3) is 0 Å². The van der Waals surface area contributed by atoms with Crippen molar-refractivity contribution < 1.29 is 9.59 Å². The van der Waals surface area contributed by atoms with Crippen molar-refractivity contribution in [3.63, 3.8) is 0 Å². The number of carbonyl (C=O) groups excluding carboxylic acids is 2. The minimum Gasteiger partial charge on any atom is -0.349 e. The lowest BCUT2D eigenvalue weighted by atomic mass is 10.1. The Balaban J connectivity index is 1.77. The SMILES string of the molecule is Cc1ccc(C(=O)NC2CC2)cc1NC(=O)c1ccc(Br)cc1. The Bertz CT molecular complexity index is 752. The molecule has 2 N–H and O–H groups in total. The van der Waals surface area contributed by atoms with Crippen LogP contribution in [0, 0.1) is 6.92 Å². The van der Waals surface area contributed by atoms with Crippen molar-refractivity contribution in [1.29, 1.82) is 0 Å². The molecule has 0 atom stereocenters. The normalized spacial score (nSPS) is 13.5. The van der Waals surface area contributed by atoms with Crippen LogP contribution in [0.5, 0.6) is 0 Å². The van der Waals surface area contributed by atoms with Gasteiger partial charge < -0.3 is 10.6 Å². The minimum atomic E-state index is -0.194. The first-order valence-corrected chi connectivity index (χ1v) is 8.30. The second-order valence-electron chi connectivity index (χ2n) is 5.74. The Kier molecular flexibility index (Phi) is 4.48. The molecular formula is C18H17BrN2O2. The molecule has 0 aliphatic heterocycles. The molecule has 3 rings (SSSR count). The molecule has 0 bridgehead atoms. The standard InChI is InChI=1S/C18H17BrN2O2/c1-11-2-3-13(18(23)20-15-8-9-15)10-16(11)21-17(22)12-4-6-14(19)7-5-12/h2-7,10,15H,8-9H2,1H3,(H,20,23)(H,21,22). The summed E-state index contributed by atoms with van der Waals surface area (Å²) in [6.45, 7) is 1.90. The zero-order chi connectivity index (χ0) is 16.4. The summed E-state index contributed by atoms with van der Waals surface area (Å²) in [7, 11) is 0. The van der Waals surface area contributed by atoms with E-state index in [1.165, 1.54) is 0 Å². The Morgan fingerprint density at radius 1 is 1.00 bits per heavy atom. The van der Waals surface area contributed by atoms with Gasteiger partial charge in [-0.25, -0.2) is 0 Å². The van der Waals surface area contributed by atoms with E-state index in [0.717, 1.165) is 22.9 Å². The maximum Gasteiger partial charge on any atom is 0.255 e. The molecule has 2 amide bonds. The van der Waals surface area contributed by atoms with E-state index in [1.807, 2.05) is 25.1 Å². The van der Waals surface area contributed by atoms with Crippen LogP contribution in [0.4, 0.5) is 5.69 Å². The first kappa shape index (κ1) is 15.7. The van der Waals surface area contributed by atoms with Crippen LogP contribution in [-0.2, 0) is 0 Å². The highest BCUT2D eigenvalue weighted by atomic mass is 79.9. The van der Waals surface area contributed by atoms with Crippen molar-refractivity contribution >= 4 is 33.4 Å². The van der Waals surface area contributed by atoms with Gasteiger partial charge in [0.25, 0.3) is 11.8 Å². The van der Waals surface area contributed by atoms with E-state index >= 15 is 0 Å². The van der Waals surface area contributed by atoms with Gasteiger partial charge >= 0.3 is 0 Å². The predicted molar refractivity (Wildman–Crippen MR) is 93.8 cm³/mol. The third-order valence-corrected chi connectivity index (χ3v) is 4.30. The molecule has 118 valence electrons. The van der Waals surface area contributed by atoms with Crippen LogP contribution >= 0.6 is 15.9 Å². The smallest absolute Gasteiger partial charge is 0.255 e. The van der Waals surface area contributed by atoms with Crippen molar-refractivity contribution in [2.24, 2.45) is 0 Å². The number of hydrogen-bond acceptors (Lipinski definition) is 2. The number of nitrogens with one attached hydrogen (secondary N) is 2. The molecule has 1 saturated carbocycles. The number of carbonyl (C=O) groups is 2. The summed E-state index contributed by atoms with van der Waals surface area (Å²) in [5, 5.41) is 5.83. The molecule has 1 aliphatic rings. The Morgan fingerprint density at radius 2 is 1.65 bits per heavy atom. The van der Waals surface area contributed by atoms with E-state index in [4.69, 9.17) is 0 Å². The number of benzene rings is 2. The molecule has 1 fully saturated rings. The van der Waals surface area contributed by atoms with Gasteiger partial charge in [-0.3, -0.25) is 9.59 Å². The van der Waals surface area contributed by atoms with Crippen LogP contribution < -0.4 is 10.6 Å². The third kappa shape index (κ3) is 3.99. The van der Waals surface area contributed by atoms with Crippen LogP contribution in [0.3, 0.4) is 0 Å². The first-order valence-electron chi connectivity index (χ1n) is 7.51. The fourth-order valence-electron chi connectivity index (χ4n) is 2.19. The van der Waals surface area contributed by atoms with Crippen molar-refractivity contribution in [3.05, 3.63) is 63.6 Å². The second kappa shape index (κ2) is 6.54. The number of rotatable bonds is 4. The predicted octanol–water partition coefficient (Wildman–Crippen LogP) is 3.90. The Hall–Kier alpha value is -2.14. The molecule has 0 saturated heterocycles. The largest absolute Gasteiger partial charge is 0.349 e. The van der Waals surface area contributed by atoms with E-state index in [2.05, 4.69) is 26.6 Å². The zero-order valence-electron chi connectivity index (χ0n) is 12.7. The molecule has 2 aromatic carbocycles. The first-order chi connectivity index (χ1) is 11.0. The molecule has 23 heavy (non-hydrogen) atoms. The van der Waals surface area contributed by atoms with Crippen LogP contribution in [0.15, 0.2) is 46.9 Å². The van der Waals surface area contributed by atoms with Gasteiger partial charge in [-0.05, 0) is 61.7 Å². The van der Waals surface area contributed by atoms with Gasteiger partial charge in [0.05, 0.1) is 0 Å². The monoisotopic (exact) mass is 372 g/mol. The third-order valence-electron chi connectivity index (χ3n) is 3.77. The molecule has 0 spiro atoms. The summed E-state index contributed by atoms with van der Waals surface area (Å²) >= 11 is 3.35. The van der Waals surface area contributed by atoms with E-state index in [9.17, 15) is 9.59 Å². The molecule has 0 aromatic heterocycles. The second-order valence-corrected chi connectivity index (χ2v) is 6.65. The summed E-state index contributed by atoms with van der Waals surface area (Å²) in [6, 6.07) is 12.8. The van der Waals surface area contributed by atoms with Crippen LogP contribution in [0.2, 0.25) is 0 Å². The highest BCUT2D eigenvalue weighted by Crippen LogP contribution is 2.22. The molecular weight excluding hydrogens is 356 g/mol. The van der Waals surface area contributed by atoms with Gasteiger partial charge in [-0.2, -0.15) is 0 Å². The Morgan fingerprint density at radius 3 is 2.30 bits per heavy atom. The number of amides is 2. The minimum absolute atomic E-state index is 0.0911. The van der Waals surface area contributed by atoms with Gasteiger partial charge in [0, 0.05) is 27.3 Å². The summed E-state index contributed by atoms with van der Waals surface area (Å²) in [5.41, 5.74) is 2.70. The fraction of sp³-hybridized carbons (Fsp3) is 0.222. The Labute approximate surface area is 143 Å². The number of aryl methyl sites for hydroxylation is 1. The summed E-state index contributed by atoms with van der Waals surface area (Å²) in [4.78, 5) is 24.4. The van der Waals surface area contributed by atoms with Gasteiger partial charge in [0.2, 0.25) is 0 Å². The quantitative estimate of drug-likeness (QED) is 0.854. The van der Waals surface area contributed by atoms with E-state index in [1.54, 1.807) is 24.3 Å². The number of hydrogen-bond donors (Lipinski definition) is 2. The molecule has 1 aliphatic carbocycles. The lowest BCUT2D eigenvalue weighted by Crippen LogP contribution is -2.25. The van der Waals surface area contributed by atoms with E-state index < -0.39 is 0 Å². The molecule has 4 nitrogen and oxygen atoms in total. The molecule has 0 unspecified atom stereocenters. The van der Waals surface area contributed by atoms with E-state index in [0.29, 0.717) is 22.9 Å². The van der Waals surface area contributed by atoms with Gasteiger partial charge in [0.15, 0.2) is 0 Å². The molecule has 0 radical (unpaired) electrons. The van der Waals surface area contributed by atoms with Crippen LogP contribution in [0.1, 0.15) is 39.1 Å². The fourth-order valence-corrected chi connectivity index (χ4v) is 2.45. The lowest BCUT2D eigenvalue weighted by Gasteiger charge is -2.11. The number of anilines is 1. The topological polar surface area (TPSA) is 58.2 Å². The van der Waals surface area contributed by atoms with E-state index in [-0.39, 0.29) is 11.8 Å². The maximum atomic E-state index is 12.3. The molecule has 5 heteroatoms. The van der Waals surface area contributed by atoms with Crippen molar-refractivity contribution in [2.45, 2.75) is 25.8 Å². The average molecular weight is 373 g/mol. The van der Waals surface area contributed by atoms with Crippen molar-refractivity contribution in [3.8, 4) is 0 Å². The molecule has 2 aromatic rings. The van der Waals surface area contributed by atoms with Crippen molar-refractivity contribution in [2.75, 3.05) is 5.32 Å². The lowest BCUT2D eigenvalue weighted by molar-refractivity contribution is 0.0949. The molecule has 0 heterocycles. The van der Waals surface area contributed by atoms with Gasteiger partial charge in [-0.1, -0.05) is 22.0 Å². The summed E-state index contributed by atoms with van der Waals surface area (Å²) < 4.78 is 0.920. The average Bonchev–Trinajstić information content (AvgIpc) is 3.34. The van der Waals surface area contributed by atoms with Gasteiger partial charge in [0.1, 0.15) is 0 Å². The van der Waals surface area contributed by atoms with Crippen molar-refractivity contribution in [1.82, 2.24) is 5.32 Å². The van der Waals surface area contributed by atoms with Crippen LogP contribution in [-0.4, -0.2) is 17.9 Å². The summed E-state index contributed by atoms with van der Waals surface area (Å²) in [6.07, 6.45) is 2.09. The highest BCUT2D eigenvalue weighted by Gasteiger charge is 2.24. The number of halogens is 1. The zero-order valence-corrected chi connectivity index (χ0v) is 14.3. The maximum absolute atomic E-state index is 12.3. The van der Waals surface area contributed by atoms with Gasteiger partial charge in [-0.15, -0.1) is 0 Å². The highest BCUT2D eigenvalue weighted by molar-refractivity contribution is 9.10.